The third kappa shape index (κ3) is 3.74. The van der Waals surface area contributed by atoms with Crippen molar-refractivity contribution in [2.45, 2.75) is 39.9 Å². The number of hydrogen-bond donors (Lipinski definition) is 0. The van der Waals surface area contributed by atoms with E-state index in [2.05, 4.69) is 4.98 Å². The Morgan fingerprint density at radius 2 is 1.71 bits per heavy atom. The predicted octanol–water partition coefficient (Wildman–Crippen LogP) is 2.81. The third-order valence-electron chi connectivity index (χ3n) is 1.28. The van der Waals surface area contributed by atoms with Crippen LogP contribution < -0.4 is 0 Å². The molecule has 0 spiro atoms. The molecule has 1 rings (SSSR count). The Hall–Kier alpha value is -0.440. The molecule has 4 nitrogen and oxygen atoms in total. The Morgan fingerprint density at radius 1 is 1.14 bits per heavy atom. The number of hydrogen-bond acceptors (Lipinski definition) is 3. The van der Waals surface area contributed by atoms with Crippen molar-refractivity contribution < 1.29 is 9.05 Å². The first-order valence-corrected chi connectivity index (χ1v) is 5.84. The maximum Gasteiger partial charge on any atom is 0.295 e. The van der Waals surface area contributed by atoms with Crippen molar-refractivity contribution in [1.29, 1.82) is 0 Å². The SMILES string of the molecule is CC(C)OP(OC(C)C)n1ccnc1. The molecule has 1 aromatic heterocycles. The second-order valence-corrected chi connectivity index (χ2v) is 4.85. The van der Waals surface area contributed by atoms with Crippen molar-refractivity contribution in [3.05, 3.63) is 18.7 Å². The van der Waals surface area contributed by atoms with Crippen LogP contribution in [0.4, 0.5) is 0 Å². The van der Waals surface area contributed by atoms with Crippen molar-refractivity contribution in [2.24, 2.45) is 0 Å². The van der Waals surface area contributed by atoms with E-state index in [9.17, 15) is 0 Å². The zero-order chi connectivity index (χ0) is 10.6. The highest BCUT2D eigenvalue weighted by Crippen LogP contribution is 2.42. The van der Waals surface area contributed by atoms with Gasteiger partial charge >= 0.3 is 0 Å². The molecular weight excluding hydrogens is 199 g/mol. The van der Waals surface area contributed by atoms with E-state index in [0.717, 1.165) is 0 Å². The van der Waals surface area contributed by atoms with Gasteiger partial charge in [-0.3, -0.25) is 4.34 Å². The van der Waals surface area contributed by atoms with Crippen molar-refractivity contribution >= 4 is 8.53 Å². The van der Waals surface area contributed by atoms with Crippen LogP contribution in [0.25, 0.3) is 0 Å². The lowest BCUT2D eigenvalue weighted by Gasteiger charge is -2.21. The van der Waals surface area contributed by atoms with Gasteiger partial charge in [0.2, 0.25) is 0 Å². The van der Waals surface area contributed by atoms with E-state index in [1.54, 1.807) is 12.5 Å². The topological polar surface area (TPSA) is 36.3 Å². The van der Waals surface area contributed by atoms with Crippen LogP contribution in [0.5, 0.6) is 0 Å². The average molecular weight is 216 g/mol. The van der Waals surface area contributed by atoms with Crippen LogP contribution in [0.15, 0.2) is 18.7 Å². The van der Waals surface area contributed by atoms with Crippen LogP contribution in [0.1, 0.15) is 27.7 Å². The zero-order valence-corrected chi connectivity index (χ0v) is 9.94. The average Bonchev–Trinajstić information content (AvgIpc) is 2.52. The Labute approximate surface area is 86.2 Å². The molecule has 0 aliphatic carbocycles. The molecule has 0 saturated carbocycles. The minimum atomic E-state index is -1.04. The summed E-state index contributed by atoms with van der Waals surface area (Å²) in [7, 11) is -1.04. The van der Waals surface area contributed by atoms with Crippen LogP contribution in [0.2, 0.25) is 0 Å². The fourth-order valence-corrected chi connectivity index (χ4v) is 2.14. The van der Waals surface area contributed by atoms with Crippen LogP contribution in [0.3, 0.4) is 0 Å². The first-order valence-electron chi connectivity index (χ1n) is 4.71. The van der Waals surface area contributed by atoms with Gasteiger partial charge in [-0.25, -0.2) is 4.98 Å². The maximum atomic E-state index is 5.67. The molecule has 0 atom stereocenters. The van der Waals surface area contributed by atoms with Crippen LogP contribution >= 0.6 is 8.53 Å². The number of aromatic nitrogens is 2. The van der Waals surface area contributed by atoms with Crippen molar-refractivity contribution in [2.75, 3.05) is 0 Å². The number of nitrogens with zero attached hydrogens (tertiary/aromatic N) is 2. The summed E-state index contributed by atoms with van der Waals surface area (Å²) >= 11 is 0. The standard InChI is InChI=1S/C9H17N2O2P/c1-8(2)12-14(13-9(3)4)11-6-5-10-7-11/h5-9H,1-4H3. The van der Waals surface area contributed by atoms with Gasteiger partial charge in [-0.2, -0.15) is 0 Å². The molecule has 0 radical (unpaired) electrons. The molecule has 0 saturated heterocycles. The van der Waals surface area contributed by atoms with Gasteiger partial charge in [-0.15, -0.1) is 0 Å². The molecule has 0 aromatic carbocycles. The van der Waals surface area contributed by atoms with Crippen molar-refractivity contribution in [1.82, 2.24) is 9.32 Å². The van der Waals surface area contributed by atoms with E-state index in [1.807, 2.05) is 38.2 Å². The summed E-state index contributed by atoms with van der Waals surface area (Å²) in [4.78, 5) is 3.98. The number of imidazole rings is 1. The minimum absolute atomic E-state index is 0.155. The van der Waals surface area contributed by atoms with Gasteiger partial charge in [-0.05, 0) is 27.7 Å². The summed E-state index contributed by atoms with van der Waals surface area (Å²) in [6, 6.07) is 0. The highest BCUT2D eigenvalue weighted by molar-refractivity contribution is 7.45. The van der Waals surface area contributed by atoms with Crippen molar-refractivity contribution in [3.63, 3.8) is 0 Å². The first kappa shape index (κ1) is 11.6. The lowest BCUT2D eigenvalue weighted by molar-refractivity contribution is 0.172. The van der Waals surface area contributed by atoms with Crippen molar-refractivity contribution in [3.8, 4) is 0 Å². The Bertz CT molecular complexity index is 239. The monoisotopic (exact) mass is 216 g/mol. The maximum absolute atomic E-state index is 5.67. The molecule has 1 heterocycles. The molecule has 80 valence electrons. The van der Waals surface area contributed by atoms with Gasteiger partial charge < -0.3 is 9.05 Å². The van der Waals surface area contributed by atoms with E-state index in [-0.39, 0.29) is 12.2 Å². The molecule has 0 amide bonds. The largest absolute Gasteiger partial charge is 0.314 e. The second kappa shape index (κ2) is 5.44. The van der Waals surface area contributed by atoms with Crippen LogP contribution in [0, 0.1) is 0 Å². The van der Waals surface area contributed by atoms with Gasteiger partial charge in [0.15, 0.2) is 0 Å². The molecule has 0 aliphatic heterocycles. The lowest BCUT2D eigenvalue weighted by atomic mass is 10.5. The second-order valence-electron chi connectivity index (χ2n) is 3.49. The summed E-state index contributed by atoms with van der Waals surface area (Å²) in [5.74, 6) is 0. The molecule has 5 heteroatoms. The van der Waals surface area contributed by atoms with E-state index in [4.69, 9.17) is 9.05 Å². The minimum Gasteiger partial charge on any atom is -0.314 e. The molecule has 1 aromatic rings. The highest BCUT2D eigenvalue weighted by atomic mass is 31.2. The normalized spacial score (nSPS) is 11.9. The van der Waals surface area contributed by atoms with Gasteiger partial charge in [0.25, 0.3) is 8.53 Å². The summed E-state index contributed by atoms with van der Waals surface area (Å²) in [5.41, 5.74) is 0. The van der Waals surface area contributed by atoms with Gasteiger partial charge in [0.1, 0.15) is 6.33 Å². The predicted molar refractivity (Wildman–Crippen MR) is 57.0 cm³/mol. The van der Waals surface area contributed by atoms with Crippen LogP contribution in [-0.2, 0) is 9.05 Å². The Balaban J connectivity index is 2.62. The first-order chi connectivity index (χ1) is 6.59. The van der Waals surface area contributed by atoms with E-state index in [1.165, 1.54) is 0 Å². The molecule has 0 bridgehead atoms. The molecule has 0 aliphatic rings. The van der Waals surface area contributed by atoms with Gasteiger partial charge in [0, 0.05) is 12.4 Å². The highest BCUT2D eigenvalue weighted by Gasteiger charge is 2.16. The Morgan fingerprint density at radius 3 is 2.07 bits per heavy atom. The fourth-order valence-electron chi connectivity index (χ4n) is 0.843. The van der Waals surface area contributed by atoms with Crippen LogP contribution in [-0.4, -0.2) is 21.5 Å². The van der Waals surface area contributed by atoms with E-state index in [0.29, 0.717) is 0 Å². The van der Waals surface area contributed by atoms with E-state index < -0.39 is 8.53 Å². The number of rotatable bonds is 5. The molecule has 0 N–H and O–H groups in total. The summed E-state index contributed by atoms with van der Waals surface area (Å²) in [6.07, 6.45) is 5.61. The molecule has 0 unspecified atom stereocenters. The Kier molecular flexibility index (Phi) is 4.52. The van der Waals surface area contributed by atoms with Gasteiger partial charge in [-0.1, -0.05) is 0 Å². The summed E-state index contributed by atoms with van der Waals surface area (Å²) in [6.45, 7) is 7.98. The molecule has 14 heavy (non-hydrogen) atoms. The smallest absolute Gasteiger partial charge is 0.295 e. The quantitative estimate of drug-likeness (QED) is 0.710. The fraction of sp³-hybridized carbons (Fsp3) is 0.667. The van der Waals surface area contributed by atoms with E-state index >= 15 is 0 Å². The molecular formula is C9H17N2O2P. The summed E-state index contributed by atoms with van der Waals surface area (Å²) in [5, 5.41) is 0. The third-order valence-corrected chi connectivity index (χ3v) is 3.10. The lowest BCUT2D eigenvalue weighted by Crippen LogP contribution is -2.08. The molecule has 0 fully saturated rings. The van der Waals surface area contributed by atoms with Gasteiger partial charge in [0.05, 0.1) is 12.2 Å². The summed E-state index contributed by atoms with van der Waals surface area (Å²) < 4.78 is 13.2. The zero-order valence-electron chi connectivity index (χ0n) is 9.04.